The molecule has 0 spiro atoms. The maximum Gasteiger partial charge on any atom is 0.338 e. The topological polar surface area (TPSA) is 100 Å². The van der Waals surface area contributed by atoms with Gasteiger partial charge in [-0.15, -0.1) is 0 Å². The zero-order chi connectivity index (χ0) is 26.5. The number of halogens is 1. The van der Waals surface area contributed by atoms with Gasteiger partial charge in [0.1, 0.15) is 5.60 Å². The lowest BCUT2D eigenvalue weighted by Gasteiger charge is -2.30. The molecular formula is C26H35ClN4O5. The van der Waals surface area contributed by atoms with Crippen LogP contribution in [0, 0.1) is 0 Å². The summed E-state index contributed by atoms with van der Waals surface area (Å²) >= 11 is 6.37. The second-order valence-electron chi connectivity index (χ2n) is 9.91. The highest BCUT2D eigenvalue weighted by atomic mass is 35.5. The van der Waals surface area contributed by atoms with Crippen molar-refractivity contribution in [3.05, 3.63) is 58.3 Å². The largest absolute Gasteiger partial charge is 0.456 e. The van der Waals surface area contributed by atoms with E-state index in [0.717, 1.165) is 0 Å². The van der Waals surface area contributed by atoms with E-state index in [1.54, 1.807) is 56.9 Å². The number of hydrogen-bond donors (Lipinski definition) is 2. The maximum atomic E-state index is 13.0. The van der Waals surface area contributed by atoms with Crippen LogP contribution in [0.1, 0.15) is 43.1 Å². The molecule has 196 valence electrons. The second kappa shape index (κ2) is 11.9. The van der Waals surface area contributed by atoms with Crippen LogP contribution in [-0.4, -0.2) is 79.2 Å². The van der Waals surface area contributed by atoms with E-state index >= 15 is 0 Å². The van der Waals surface area contributed by atoms with E-state index in [9.17, 15) is 14.4 Å². The van der Waals surface area contributed by atoms with E-state index in [4.69, 9.17) is 21.1 Å². The molecule has 1 aromatic carbocycles. The van der Waals surface area contributed by atoms with Gasteiger partial charge >= 0.3 is 12.0 Å². The van der Waals surface area contributed by atoms with E-state index in [1.807, 2.05) is 18.2 Å². The molecule has 0 bridgehead atoms. The third-order valence-corrected chi connectivity index (χ3v) is 6.27. The summed E-state index contributed by atoms with van der Waals surface area (Å²) in [6, 6.07) is 4.26. The standard InChI is InChI=1S/C26H35ClN4O5/c1-26(2,3)36-24(33)17-9-10-18(21(27)12-17)14-29-25(34)31-11-7-6-8-19(31)16-30(4)23(32)22-13-20(35-5)15-28-22/h6-10,12,20,22,28H,11,13-16H2,1-5H3,(H,29,34)/t20-,22+/m1/s1. The minimum atomic E-state index is -0.608. The Bertz CT molecular complexity index is 1050. The molecule has 0 radical (unpaired) electrons. The molecule has 10 heteroatoms. The Morgan fingerprint density at radius 1 is 1.28 bits per heavy atom. The number of carbonyl (C=O) groups is 3. The van der Waals surface area contributed by atoms with Gasteiger partial charge in [0.15, 0.2) is 0 Å². The molecule has 2 heterocycles. The summed E-state index contributed by atoms with van der Waals surface area (Å²) in [5, 5.41) is 6.43. The fourth-order valence-electron chi connectivity index (χ4n) is 3.98. The highest BCUT2D eigenvalue weighted by molar-refractivity contribution is 6.31. The highest BCUT2D eigenvalue weighted by Gasteiger charge is 2.32. The molecule has 0 saturated carbocycles. The zero-order valence-electron chi connectivity index (χ0n) is 21.5. The predicted molar refractivity (Wildman–Crippen MR) is 138 cm³/mol. The summed E-state index contributed by atoms with van der Waals surface area (Å²) in [6.07, 6.45) is 6.22. The zero-order valence-corrected chi connectivity index (χ0v) is 22.2. The molecular weight excluding hydrogens is 484 g/mol. The minimum Gasteiger partial charge on any atom is -0.456 e. The summed E-state index contributed by atoms with van der Waals surface area (Å²) in [4.78, 5) is 41.3. The first-order valence-corrected chi connectivity index (χ1v) is 12.3. The summed E-state index contributed by atoms with van der Waals surface area (Å²) in [5.41, 5.74) is 1.11. The Labute approximate surface area is 217 Å². The quantitative estimate of drug-likeness (QED) is 0.538. The van der Waals surface area contributed by atoms with Crippen LogP contribution in [0.15, 0.2) is 42.1 Å². The predicted octanol–water partition coefficient (Wildman–Crippen LogP) is 3.10. The molecule has 36 heavy (non-hydrogen) atoms. The van der Waals surface area contributed by atoms with E-state index in [2.05, 4.69) is 10.6 Å². The van der Waals surface area contributed by atoms with E-state index in [-0.39, 0.29) is 37.2 Å². The van der Waals surface area contributed by atoms with Crippen molar-refractivity contribution in [3.8, 4) is 0 Å². The number of nitrogens with zero attached hydrogens (tertiary/aromatic N) is 2. The number of rotatable bonds is 7. The third kappa shape index (κ3) is 7.32. The van der Waals surface area contributed by atoms with Crippen LogP contribution in [0.2, 0.25) is 5.02 Å². The number of benzene rings is 1. The number of hydrogen-bond acceptors (Lipinski definition) is 6. The lowest BCUT2D eigenvalue weighted by Crippen LogP contribution is -2.46. The van der Waals surface area contributed by atoms with Crippen LogP contribution in [-0.2, 0) is 20.8 Å². The minimum absolute atomic E-state index is 0.0245. The number of allylic oxidation sites excluding steroid dienone is 2. The maximum absolute atomic E-state index is 13.0. The molecule has 0 aromatic heterocycles. The molecule has 2 aliphatic heterocycles. The van der Waals surface area contributed by atoms with Crippen LogP contribution in [0.25, 0.3) is 0 Å². The van der Waals surface area contributed by atoms with Crippen molar-refractivity contribution in [3.63, 3.8) is 0 Å². The van der Waals surface area contributed by atoms with Gasteiger partial charge in [-0.3, -0.25) is 9.69 Å². The first kappa shape index (κ1) is 27.7. The smallest absolute Gasteiger partial charge is 0.338 e. The van der Waals surface area contributed by atoms with E-state index < -0.39 is 11.6 Å². The summed E-state index contributed by atoms with van der Waals surface area (Å²) in [7, 11) is 3.37. The number of likely N-dealkylation sites (N-methyl/N-ethyl adjacent to an activating group) is 1. The van der Waals surface area contributed by atoms with Crippen molar-refractivity contribution >= 4 is 29.5 Å². The fourth-order valence-corrected chi connectivity index (χ4v) is 4.23. The molecule has 1 fully saturated rings. The molecule has 1 aromatic rings. The molecule has 2 atom stereocenters. The number of amides is 3. The summed E-state index contributed by atoms with van der Waals surface area (Å²) in [6.45, 7) is 6.89. The molecule has 2 N–H and O–H groups in total. The van der Waals surface area contributed by atoms with Crippen LogP contribution < -0.4 is 10.6 Å². The third-order valence-electron chi connectivity index (χ3n) is 5.92. The Balaban J connectivity index is 1.58. The van der Waals surface area contributed by atoms with E-state index in [1.165, 1.54) is 6.07 Å². The van der Waals surface area contributed by atoms with Gasteiger partial charge in [-0.25, -0.2) is 9.59 Å². The van der Waals surface area contributed by atoms with Gasteiger partial charge in [-0.05, 0) is 51.0 Å². The van der Waals surface area contributed by atoms with Crippen molar-refractivity contribution < 1.29 is 23.9 Å². The van der Waals surface area contributed by atoms with Crippen LogP contribution >= 0.6 is 11.6 Å². The average Bonchev–Trinajstić information content (AvgIpc) is 3.31. The normalized spacial score (nSPS) is 19.6. The number of urea groups is 1. The molecule has 3 rings (SSSR count). The monoisotopic (exact) mass is 518 g/mol. The van der Waals surface area contributed by atoms with Crippen molar-refractivity contribution in [1.29, 1.82) is 0 Å². The first-order chi connectivity index (χ1) is 17.0. The fraction of sp³-hybridized carbons (Fsp3) is 0.500. The second-order valence-corrected chi connectivity index (χ2v) is 10.3. The first-order valence-electron chi connectivity index (χ1n) is 11.9. The SMILES string of the molecule is CO[C@H]1CN[C@H](C(=O)N(C)CC2=CC=CCN2C(=O)NCc2ccc(C(=O)OC(C)(C)C)cc2Cl)C1. The van der Waals surface area contributed by atoms with Gasteiger partial charge in [-0.2, -0.15) is 0 Å². The van der Waals surface area contributed by atoms with E-state index in [0.29, 0.717) is 41.4 Å². The number of esters is 1. The molecule has 1 saturated heterocycles. The number of ether oxygens (including phenoxy) is 2. The van der Waals surface area contributed by atoms with Crippen LogP contribution in [0.4, 0.5) is 4.79 Å². The van der Waals surface area contributed by atoms with Gasteiger partial charge in [-0.1, -0.05) is 29.8 Å². The lowest BCUT2D eigenvalue weighted by molar-refractivity contribution is -0.131. The van der Waals surface area contributed by atoms with Crippen LogP contribution in [0.5, 0.6) is 0 Å². The Hall–Kier alpha value is -2.88. The summed E-state index contributed by atoms with van der Waals surface area (Å²) < 4.78 is 10.7. The average molecular weight is 519 g/mol. The molecule has 9 nitrogen and oxygen atoms in total. The Morgan fingerprint density at radius 3 is 2.67 bits per heavy atom. The van der Waals surface area contributed by atoms with Gasteiger partial charge < -0.3 is 25.0 Å². The van der Waals surface area contributed by atoms with Gasteiger partial charge in [0.2, 0.25) is 5.91 Å². The van der Waals surface area contributed by atoms with Gasteiger partial charge in [0, 0.05) is 44.5 Å². The Morgan fingerprint density at radius 2 is 2.03 bits per heavy atom. The number of carbonyl (C=O) groups excluding carboxylic acids is 3. The highest BCUT2D eigenvalue weighted by Crippen LogP contribution is 2.21. The van der Waals surface area contributed by atoms with Crippen molar-refractivity contribution in [2.24, 2.45) is 0 Å². The van der Waals surface area contributed by atoms with Crippen LogP contribution in [0.3, 0.4) is 0 Å². The van der Waals surface area contributed by atoms with Crippen molar-refractivity contribution in [2.45, 2.75) is 51.5 Å². The van der Waals surface area contributed by atoms with Gasteiger partial charge in [0.05, 0.1) is 24.3 Å². The van der Waals surface area contributed by atoms with Crippen molar-refractivity contribution in [1.82, 2.24) is 20.4 Å². The molecule has 3 amide bonds. The van der Waals surface area contributed by atoms with Crippen molar-refractivity contribution in [2.75, 3.05) is 33.8 Å². The molecule has 2 aliphatic rings. The number of nitrogens with one attached hydrogen (secondary N) is 2. The molecule has 0 aliphatic carbocycles. The molecule has 0 unspecified atom stereocenters. The number of methoxy groups -OCH3 is 1. The lowest BCUT2D eigenvalue weighted by atomic mass is 10.1. The Kier molecular flexibility index (Phi) is 9.16. The summed E-state index contributed by atoms with van der Waals surface area (Å²) in [5.74, 6) is -0.499. The van der Waals surface area contributed by atoms with Gasteiger partial charge in [0.25, 0.3) is 0 Å².